The van der Waals surface area contributed by atoms with Gasteiger partial charge in [0.05, 0.1) is 18.1 Å². The summed E-state index contributed by atoms with van der Waals surface area (Å²) < 4.78 is 7.73. The summed E-state index contributed by atoms with van der Waals surface area (Å²) in [4.78, 5) is 37.3. The Morgan fingerprint density at radius 2 is 1.74 bits per heavy atom. The van der Waals surface area contributed by atoms with Gasteiger partial charge in [0.15, 0.2) is 5.78 Å². The van der Waals surface area contributed by atoms with Gasteiger partial charge in [0, 0.05) is 22.6 Å². The van der Waals surface area contributed by atoms with Crippen molar-refractivity contribution in [1.82, 2.24) is 19.6 Å². The lowest BCUT2D eigenvalue weighted by Gasteiger charge is -2.11. The van der Waals surface area contributed by atoms with Gasteiger partial charge >= 0.3 is 5.97 Å². The van der Waals surface area contributed by atoms with E-state index in [1.165, 1.54) is 7.11 Å². The third-order valence-corrected chi connectivity index (χ3v) is 5.20. The Morgan fingerprint density at radius 3 is 2.45 bits per heavy atom. The van der Waals surface area contributed by atoms with E-state index < -0.39 is 5.97 Å². The maximum atomic E-state index is 13.0. The fourth-order valence-electron chi connectivity index (χ4n) is 3.65. The van der Waals surface area contributed by atoms with Gasteiger partial charge < -0.3 is 9.30 Å². The van der Waals surface area contributed by atoms with Crippen LogP contribution < -0.4 is 5.56 Å². The molecule has 0 N–H and O–H groups in total. The van der Waals surface area contributed by atoms with Crippen LogP contribution in [0.5, 0.6) is 0 Å². The molecule has 0 fully saturated rings. The van der Waals surface area contributed by atoms with E-state index in [4.69, 9.17) is 4.74 Å². The largest absolute Gasteiger partial charge is 0.465 e. The lowest BCUT2D eigenvalue weighted by Crippen LogP contribution is -2.28. The van der Waals surface area contributed by atoms with Crippen LogP contribution in [-0.2, 0) is 11.3 Å². The third-order valence-electron chi connectivity index (χ3n) is 5.20. The molecule has 8 nitrogen and oxygen atoms in total. The average molecular weight is 416 g/mol. The molecule has 4 rings (SSSR count). The lowest BCUT2D eigenvalue weighted by molar-refractivity contribution is 0.0600. The van der Waals surface area contributed by atoms with Crippen LogP contribution in [0, 0.1) is 13.8 Å². The first-order valence-corrected chi connectivity index (χ1v) is 9.64. The number of nitrogens with zero attached hydrogens (tertiary/aromatic N) is 4. The predicted octanol–water partition coefficient (Wildman–Crippen LogP) is 2.87. The highest BCUT2D eigenvalue weighted by Gasteiger charge is 2.19. The second-order valence-electron chi connectivity index (χ2n) is 7.15. The van der Waals surface area contributed by atoms with Crippen LogP contribution in [0.4, 0.5) is 0 Å². The van der Waals surface area contributed by atoms with Crippen LogP contribution in [0.25, 0.3) is 16.6 Å². The Labute approximate surface area is 177 Å². The summed E-state index contributed by atoms with van der Waals surface area (Å²) in [6, 6.07) is 15.6. The number of Topliss-reactive ketones (excluding diaryl/α,β-unsaturated/α-hetero) is 1. The number of carbonyl (C=O) groups is 2. The van der Waals surface area contributed by atoms with Gasteiger partial charge in [-0.25, -0.2) is 9.48 Å². The second-order valence-corrected chi connectivity index (χ2v) is 7.15. The van der Waals surface area contributed by atoms with E-state index in [-0.39, 0.29) is 17.9 Å². The number of aryl methyl sites for hydroxylation is 1. The number of rotatable bonds is 5. The minimum Gasteiger partial charge on any atom is -0.465 e. The van der Waals surface area contributed by atoms with Crippen molar-refractivity contribution >= 4 is 22.7 Å². The number of ether oxygens (including phenoxy) is 1. The van der Waals surface area contributed by atoms with Gasteiger partial charge in [-0.3, -0.25) is 9.59 Å². The molecule has 2 heterocycles. The molecule has 0 amide bonds. The highest BCUT2D eigenvalue weighted by atomic mass is 16.5. The molecule has 156 valence electrons. The van der Waals surface area contributed by atoms with Gasteiger partial charge in [-0.2, -0.15) is 0 Å². The minimum absolute atomic E-state index is 0.206. The van der Waals surface area contributed by atoms with Crippen LogP contribution in [0.2, 0.25) is 0 Å². The van der Waals surface area contributed by atoms with Crippen molar-refractivity contribution < 1.29 is 14.3 Å². The molecule has 0 aliphatic carbocycles. The van der Waals surface area contributed by atoms with Crippen molar-refractivity contribution in [3.05, 3.63) is 87.5 Å². The zero-order chi connectivity index (χ0) is 22.1. The minimum atomic E-state index is -0.412. The molecule has 2 aromatic carbocycles. The average Bonchev–Trinajstić information content (AvgIpc) is 3.09. The quantitative estimate of drug-likeness (QED) is 0.367. The molecular formula is C23H20N4O4. The number of carbonyl (C=O) groups excluding carboxylic acids is 2. The van der Waals surface area contributed by atoms with Gasteiger partial charge in [0.2, 0.25) is 0 Å². The van der Waals surface area contributed by atoms with E-state index in [1.54, 1.807) is 54.6 Å². The number of benzene rings is 2. The molecule has 0 spiro atoms. The molecule has 0 saturated carbocycles. The van der Waals surface area contributed by atoms with Crippen LogP contribution in [-0.4, -0.2) is 38.4 Å². The molecular weight excluding hydrogens is 396 g/mol. The van der Waals surface area contributed by atoms with Crippen molar-refractivity contribution in [3.8, 4) is 5.69 Å². The van der Waals surface area contributed by atoms with Crippen molar-refractivity contribution in [1.29, 1.82) is 0 Å². The summed E-state index contributed by atoms with van der Waals surface area (Å²) in [5.41, 5.74) is 3.47. The van der Waals surface area contributed by atoms with Gasteiger partial charge in [0.25, 0.3) is 5.56 Å². The predicted molar refractivity (Wildman–Crippen MR) is 115 cm³/mol. The molecule has 2 aromatic heterocycles. The summed E-state index contributed by atoms with van der Waals surface area (Å²) in [7, 11) is 1.33. The van der Waals surface area contributed by atoms with Crippen molar-refractivity contribution in [3.63, 3.8) is 0 Å². The first kappa shape index (κ1) is 20.2. The van der Waals surface area contributed by atoms with E-state index >= 15 is 0 Å². The zero-order valence-electron chi connectivity index (χ0n) is 17.3. The standard InChI is InChI=1S/C23H20N4O4/c1-14-12-19(15(2)27(14)17-10-8-16(9-11-17)23(30)31-3)21(28)13-26-22(29)18-6-4-5-7-20(18)24-25-26/h4-12H,13H2,1-3H3. The Kier molecular flexibility index (Phi) is 5.21. The summed E-state index contributed by atoms with van der Waals surface area (Å²) in [5, 5.41) is 8.35. The van der Waals surface area contributed by atoms with Gasteiger partial charge in [-0.15, -0.1) is 5.10 Å². The first-order chi connectivity index (χ1) is 14.9. The number of methoxy groups -OCH3 is 1. The Balaban J connectivity index is 1.66. The second kappa shape index (κ2) is 7.98. The highest BCUT2D eigenvalue weighted by Crippen LogP contribution is 2.22. The van der Waals surface area contributed by atoms with Crippen molar-refractivity contribution in [2.24, 2.45) is 0 Å². The molecule has 0 aliphatic heterocycles. The number of fused-ring (bicyclic) bond motifs is 1. The van der Waals surface area contributed by atoms with Crippen LogP contribution >= 0.6 is 0 Å². The third kappa shape index (κ3) is 3.63. The van der Waals surface area contributed by atoms with Gasteiger partial charge in [-0.05, 0) is 56.3 Å². The fourth-order valence-corrected chi connectivity index (χ4v) is 3.65. The van der Waals surface area contributed by atoms with E-state index in [0.29, 0.717) is 22.0 Å². The number of esters is 1. The summed E-state index contributed by atoms with van der Waals surface area (Å²) in [5.74, 6) is -0.650. The molecule has 0 unspecified atom stereocenters. The Hall–Kier alpha value is -4.07. The summed E-state index contributed by atoms with van der Waals surface area (Å²) >= 11 is 0. The zero-order valence-corrected chi connectivity index (χ0v) is 17.3. The maximum absolute atomic E-state index is 13.0. The fraction of sp³-hybridized carbons (Fsp3) is 0.174. The summed E-state index contributed by atoms with van der Waals surface area (Å²) in [6.07, 6.45) is 0. The molecule has 0 saturated heterocycles. The monoisotopic (exact) mass is 416 g/mol. The SMILES string of the molecule is COC(=O)c1ccc(-n2c(C)cc(C(=O)Cn3nnc4ccccc4c3=O)c2C)cc1. The lowest BCUT2D eigenvalue weighted by atomic mass is 10.1. The van der Waals surface area contributed by atoms with Crippen molar-refractivity contribution in [2.75, 3.05) is 7.11 Å². The molecule has 31 heavy (non-hydrogen) atoms. The highest BCUT2D eigenvalue weighted by molar-refractivity contribution is 5.97. The van der Waals surface area contributed by atoms with Crippen LogP contribution in [0.3, 0.4) is 0 Å². The Bertz CT molecular complexity index is 1370. The van der Waals surface area contributed by atoms with Crippen molar-refractivity contribution in [2.45, 2.75) is 20.4 Å². The number of aromatic nitrogens is 4. The normalized spacial score (nSPS) is 10.9. The molecule has 8 heteroatoms. The van der Waals surface area contributed by atoms with E-state index in [9.17, 15) is 14.4 Å². The molecule has 4 aromatic rings. The topological polar surface area (TPSA) is 96.1 Å². The van der Waals surface area contributed by atoms with Gasteiger partial charge in [-0.1, -0.05) is 17.3 Å². The summed E-state index contributed by atoms with van der Waals surface area (Å²) in [6.45, 7) is 3.52. The molecule has 0 radical (unpaired) electrons. The van der Waals surface area contributed by atoms with E-state index in [0.717, 1.165) is 21.8 Å². The van der Waals surface area contributed by atoms with E-state index in [1.807, 2.05) is 18.4 Å². The maximum Gasteiger partial charge on any atom is 0.337 e. The number of ketones is 1. The number of hydrogen-bond acceptors (Lipinski definition) is 6. The number of hydrogen-bond donors (Lipinski definition) is 0. The molecule has 0 atom stereocenters. The first-order valence-electron chi connectivity index (χ1n) is 9.64. The molecule has 0 bridgehead atoms. The van der Waals surface area contributed by atoms with E-state index in [2.05, 4.69) is 10.3 Å². The van der Waals surface area contributed by atoms with Crippen LogP contribution in [0.1, 0.15) is 32.1 Å². The smallest absolute Gasteiger partial charge is 0.337 e. The Morgan fingerprint density at radius 1 is 1.03 bits per heavy atom. The van der Waals surface area contributed by atoms with Gasteiger partial charge in [0.1, 0.15) is 12.1 Å². The molecule has 0 aliphatic rings. The van der Waals surface area contributed by atoms with Crippen LogP contribution in [0.15, 0.2) is 59.4 Å².